The predicted molar refractivity (Wildman–Crippen MR) is 54.6 cm³/mol. The zero-order chi connectivity index (χ0) is 11.9. The second kappa shape index (κ2) is 3.48. The van der Waals surface area contributed by atoms with Gasteiger partial charge in [-0.15, -0.1) is 0 Å². The Bertz CT molecular complexity index is 532. The van der Waals surface area contributed by atoms with E-state index in [1.807, 2.05) is 0 Å². The molecule has 84 valence electrons. The molecule has 2 aromatic rings. The Morgan fingerprint density at radius 1 is 1.38 bits per heavy atom. The maximum absolute atomic E-state index is 13.1. The van der Waals surface area contributed by atoms with Crippen LogP contribution in [0.5, 0.6) is 5.75 Å². The van der Waals surface area contributed by atoms with Crippen LogP contribution >= 0.6 is 0 Å². The van der Waals surface area contributed by atoms with Crippen molar-refractivity contribution in [1.82, 2.24) is 9.78 Å². The number of phenols is 1. The molecule has 1 heterocycles. The van der Waals surface area contributed by atoms with Gasteiger partial charge in [0.15, 0.2) is 11.6 Å². The van der Waals surface area contributed by atoms with Crippen LogP contribution in [-0.4, -0.2) is 14.9 Å². The van der Waals surface area contributed by atoms with Crippen LogP contribution < -0.4 is 5.73 Å². The minimum atomic E-state index is -1.03. The Morgan fingerprint density at radius 2 is 2.06 bits per heavy atom. The second-order valence-corrected chi connectivity index (χ2v) is 3.36. The highest BCUT2D eigenvalue weighted by Crippen LogP contribution is 2.34. The van der Waals surface area contributed by atoms with Gasteiger partial charge in [0.25, 0.3) is 0 Å². The van der Waals surface area contributed by atoms with Crippen molar-refractivity contribution in [3.05, 3.63) is 30.0 Å². The molecule has 0 spiro atoms. The molecule has 0 atom stereocenters. The number of aryl methyl sites for hydroxylation is 1. The van der Waals surface area contributed by atoms with Crippen LogP contribution in [0.15, 0.2) is 18.3 Å². The molecule has 6 heteroatoms. The summed E-state index contributed by atoms with van der Waals surface area (Å²) in [5.74, 6) is -2.46. The van der Waals surface area contributed by atoms with E-state index in [9.17, 15) is 13.9 Å². The van der Waals surface area contributed by atoms with Gasteiger partial charge >= 0.3 is 0 Å². The van der Waals surface area contributed by atoms with Crippen LogP contribution in [0, 0.1) is 11.6 Å². The van der Waals surface area contributed by atoms with Gasteiger partial charge in [0.1, 0.15) is 5.82 Å². The SMILES string of the molecule is Cn1ncc(N)c1-c1cc(F)cc(F)c1O. The molecule has 16 heavy (non-hydrogen) atoms. The zero-order valence-corrected chi connectivity index (χ0v) is 8.41. The first-order valence-corrected chi connectivity index (χ1v) is 4.46. The fraction of sp³-hybridized carbons (Fsp3) is 0.100. The number of rotatable bonds is 1. The summed E-state index contributed by atoms with van der Waals surface area (Å²) in [4.78, 5) is 0. The summed E-state index contributed by atoms with van der Waals surface area (Å²) in [5.41, 5.74) is 6.10. The van der Waals surface area contributed by atoms with Crippen LogP contribution in [0.1, 0.15) is 0 Å². The number of halogens is 2. The van der Waals surface area contributed by atoms with Gasteiger partial charge < -0.3 is 10.8 Å². The molecule has 0 unspecified atom stereocenters. The fourth-order valence-corrected chi connectivity index (χ4v) is 1.53. The van der Waals surface area contributed by atoms with Crippen LogP contribution in [0.25, 0.3) is 11.3 Å². The number of nitrogen functional groups attached to an aromatic ring is 1. The molecule has 0 radical (unpaired) electrons. The highest BCUT2D eigenvalue weighted by Gasteiger charge is 2.17. The van der Waals surface area contributed by atoms with E-state index in [0.29, 0.717) is 6.07 Å². The van der Waals surface area contributed by atoms with Crippen molar-refractivity contribution < 1.29 is 13.9 Å². The van der Waals surface area contributed by atoms with E-state index in [2.05, 4.69) is 5.10 Å². The molecule has 0 saturated heterocycles. The number of aromatic hydroxyl groups is 1. The quantitative estimate of drug-likeness (QED) is 0.775. The molecule has 4 nitrogen and oxygen atoms in total. The minimum absolute atomic E-state index is 0.0185. The van der Waals surface area contributed by atoms with Crippen LogP contribution in [-0.2, 0) is 7.05 Å². The molecule has 0 amide bonds. The molecule has 0 aliphatic carbocycles. The Kier molecular flexibility index (Phi) is 2.26. The highest BCUT2D eigenvalue weighted by atomic mass is 19.1. The first kappa shape index (κ1) is 10.4. The van der Waals surface area contributed by atoms with Gasteiger partial charge in [0.2, 0.25) is 0 Å². The molecule has 0 aliphatic rings. The summed E-state index contributed by atoms with van der Waals surface area (Å²) in [5, 5.41) is 13.3. The molecular weight excluding hydrogens is 216 g/mol. The van der Waals surface area contributed by atoms with Crippen LogP contribution in [0.3, 0.4) is 0 Å². The van der Waals surface area contributed by atoms with Crippen molar-refractivity contribution in [3.8, 4) is 17.0 Å². The van der Waals surface area contributed by atoms with Gasteiger partial charge in [0.05, 0.1) is 17.6 Å². The Morgan fingerprint density at radius 3 is 2.62 bits per heavy atom. The summed E-state index contributed by atoms with van der Waals surface area (Å²) < 4.78 is 27.5. The molecule has 0 saturated carbocycles. The Balaban J connectivity index is 2.74. The molecule has 0 aliphatic heterocycles. The monoisotopic (exact) mass is 225 g/mol. The van der Waals surface area contributed by atoms with Crippen molar-refractivity contribution in [2.75, 3.05) is 5.73 Å². The topological polar surface area (TPSA) is 64.1 Å². The number of phenolic OH excluding ortho intramolecular Hbond substituents is 1. The molecular formula is C10H9F2N3O. The summed E-state index contributed by atoms with van der Waals surface area (Å²) >= 11 is 0. The number of nitrogens with two attached hydrogens (primary N) is 1. The van der Waals surface area contributed by atoms with E-state index in [1.165, 1.54) is 10.9 Å². The third-order valence-corrected chi connectivity index (χ3v) is 2.25. The van der Waals surface area contributed by atoms with Crippen molar-refractivity contribution in [1.29, 1.82) is 0 Å². The lowest BCUT2D eigenvalue weighted by molar-refractivity contribution is 0.429. The van der Waals surface area contributed by atoms with Crippen molar-refractivity contribution >= 4 is 5.69 Å². The molecule has 1 aromatic heterocycles. The summed E-state index contributed by atoms with van der Waals surface area (Å²) in [7, 11) is 1.56. The van der Waals surface area contributed by atoms with Gasteiger partial charge in [0, 0.05) is 18.7 Å². The van der Waals surface area contributed by atoms with E-state index in [4.69, 9.17) is 5.73 Å². The minimum Gasteiger partial charge on any atom is -0.504 e. The average Bonchev–Trinajstić information content (AvgIpc) is 2.53. The average molecular weight is 225 g/mol. The Hall–Kier alpha value is -2.11. The standard InChI is InChI=1S/C10H9F2N3O/c1-15-9(8(13)4-14-15)6-2-5(11)3-7(12)10(6)16/h2-4,16H,13H2,1H3. The van der Waals surface area contributed by atoms with Gasteiger partial charge in [-0.25, -0.2) is 8.78 Å². The first-order chi connectivity index (χ1) is 7.50. The summed E-state index contributed by atoms with van der Waals surface area (Å²) in [6, 6.07) is 1.61. The molecule has 1 aromatic carbocycles. The third-order valence-electron chi connectivity index (χ3n) is 2.25. The van der Waals surface area contributed by atoms with E-state index in [0.717, 1.165) is 6.07 Å². The van der Waals surface area contributed by atoms with E-state index >= 15 is 0 Å². The smallest absolute Gasteiger partial charge is 0.168 e. The normalized spacial score (nSPS) is 10.7. The van der Waals surface area contributed by atoms with Gasteiger partial charge in [-0.3, -0.25) is 4.68 Å². The van der Waals surface area contributed by atoms with E-state index in [1.54, 1.807) is 7.05 Å². The van der Waals surface area contributed by atoms with Gasteiger partial charge in [-0.2, -0.15) is 5.10 Å². The predicted octanol–water partition coefficient (Wildman–Crippen LogP) is 1.65. The molecule has 2 rings (SSSR count). The van der Waals surface area contributed by atoms with Crippen LogP contribution in [0.4, 0.5) is 14.5 Å². The number of hydrogen-bond acceptors (Lipinski definition) is 3. The second-order valence-electron chi connectivity index (χ2n) is 3.36. The van der Waals surface area contributed by atoms with Gasteiger partial charge in [-0.1, -0.05) is 0 Å². The maximum Gasteiger partial charge on any atom is 0.168 e. The lowest BCUT2D eigenvalue weighted by atomic mass is 10.1. The number of anilines is 1. The largest absolute Gasteiger partial charge is 0.504 e. The van der Waals surface area contributed by atoms with E-state index in [-0.39, 0.29) is 16.9 Å². The van der Waals surface area contributed by atoms with Crippen LogP contribution in [0.2, 0.25) is 0 Å². The van der Waals surface area contributed by atoms with Crippen molar-refractivity contribution in [3.63, 3.8) is 0 Å². The first-order valence-electron chi connectivity index (χ1n) is 4.46. The lowest BCUT2D eigenvalue weighted by Crippen LogP contribution is -1.97. The molecule has 0 bridgehead atoms. The lowest BCUT2D eigenvalue weighted by Gasteiger charge is -2.07. The zero-order valence-electron chi connectivity index (χ0n) is 8.41. The van der Waals surface area contributed by atoms with E-state index < -0.39 is 17.4 Å². The molecule has 3 N–H and O–H groups in total. The fourth-order valence-electron chi connectivity index (χ4n) is 1.53. The molecule has 0 fully saturated rings. The summed E-state index contributed by atoms with van der Waals surface area (Å²) in [6.07, 6.45) is 1.34. The number of benzene rings is 1. The number of nitrogens with zero attached hydrogens (tertiary/aromatic N) is 2. The summed E-state index contributed by atoms with van der Waals surface area (Å²) in [6.45, 7) is 0. The van der Waals surface area contributed by atoms with Gasteiger partial charge in [-0.05, 0) is 6.07 Å². The number of hydrogen-bond donors (Lipinski definition) is 2. The van der Waals surface area contributed by atoms with Crippen molar-refractivity contribution in [2.45, 2.75) is 0 Å². The highest BCUT2D eigenvalue weighted by molar-refractivity contribution is 5.77. The third kappa shape index (κ3) is 1.48. The number of aromatic nitrogens is 2. The van der Waals surface area contributed by atoms with Crippen molar-refractivity contribution in [2.24, 2.45) is 7.05 Å². The Labute approximate surface area is 89.9 Å². The maximum atomic E-state index is 13.1.